The van der Waals surface area contributed by atoms with Gasteiger partial charge in [0.15, 0.2) is 5.78 Å². The van der Waals surface area contributed by atoms with Crippen LogP contribution in [0.25, 0.3) is 0 Å². The lowest BCUT2D eigenvalue weighted by Gasteiger charge is -2.30. The van der Waals surface area contributed by atoms with Crippen LogP contribution in [-0.4, -0.2) is 60.5 Å². The van der Waals surface area contributed by atoms with E-state index in [1.54, 1.807) is 0 Å². The summed E-state index contributed by atoms with van der Waals surface area (Å²) in [5.74, 6) is 1.06. The predicted octanol–water partition coefficient (Wildman–Crippen LogP) is 5.30. The number of nitrogens with one attached hydrogen (secondary N) is 2. The van der Waals surface area contributed by atoms with Gasteiger partial charge >= 0.3 is 6.09 Å². The molecule has 0 aromatic heterocycles. The highest BCUT2D eigenvalue weighted by molar-refractivity contribution is 5.97. The molecular weight excluding hydrogens is 478 g/mol. The van der Waals surface area contributed by atoms with Gasteiger partial charge in [0.05, 0.1) is 0 Å². The average Bonchev–Trinajstić information content (AvgIpc) is 3.06. The quantitative estimate of drug-likeness (QED) is 0.319. The molecular formula is C31H49N3O4. The Labute approximate surface area is 229 Å². The van der Waals surface area contributed by atoms with Crippen LogP contribution in [0.1, 0.15) is 101 Å². The first-order chi connectivity index (χ1) is 18.0. The minimum atomic E-state index is -0.514. The van der Waals surface area contributed by atoms with Gasteiger partial charge in [-0.1, -0.05) is 26.0 Å². The third-order valence-corrected chi connectivity index (χ3v) is 7.72. The lowest BCUT2D eigenvalue weighted by atomic mass is 9.84. The van der Waals surface area contributed by atoms with Crippen molar-refractivity contribution in [2.75, 3.05) is 26.2 Å². The van der Waals surface area contributed by atoms with E-state index >= 15 is 0 Å². The van der Waals surface area contributed by atoms with Gasteiger partial charge in [-0.15, -0.1) is 0 Å². The number of amides is 2. The number of carbonyl (C=O) groups excluding carboxylic acids is 3. The lowest BCUT2D eigenvalue weighted by Crippen LogP contribution is -2.38. The molecule has 7 heteroatoms. The molecule has 3 rings (SSSR count). The van der Waals surface area contributed by atoms with Crippen molar-refractivity contribution in [3.8, 4) is 0 Å². The Bertz CT molecular complexity index is 945. The smallest absolute Gasteiger partial charge is 0.407 e. The highest BCUT2D eigenvalue weighted by Crippen LogP contribution is 2.28. The van der Waals surface area contributed by atoms with Crippen LogP contribution in [0.5, 0.6) is 0 Å². The fourth-order valence-corrected chi connectivity index (χ4v) is 5.50. The molecule has 1 fully saturated rings. The van der Waals surface area contributed by atoms with Crippen molar-refractivity contribution in [1.82, 2.24) is 15.5 Å². The molecule has 2 N–H and O–H groups in total. The largest absolute Gasteiger partial charge is 0.444 e. The van der Waals surface area contributed by atoms with Crippen molar-refractivity contribution < 1.29 is 19.1 Å². The van der Waals surface area contributed by atoms with Gasteiger partial charge in [-0.2, -0.15) is 0 Å². The van der Waals surface area contributed by atoms with Gasteiger partial charge in [-0.3, -0.25) is 9.59 Å². The summed E-state index contributed by atoms with van der Waals surface area (Å²) >= 11 is 0. The van der Waals surface area contributed by atoms with Crippen LogP contribution in [0.3, 0.4) is 0 Å². The summed E-state index contributed by atoms with van der Waals surface area (Å²) in [5, 5.41) is 5.90. The topological polar surface area (TPSA) is 87.7 Å². The summed E-state index contributed by atoms with van der Waals surface area (Å²) in [5.41, 5.74) is 3.08. The maximum absolute atomic E-state index is 12.4. The summed E-state index contributed by atoms with van der Waals surface area (Å²) in [6, 6.07) is 6.58. The Morgan fingerprint density at radius 3 is 2.37 bits per heavy atom. The second-order valence-electron chi connectivity index (χ2n) is 12.5. The maximum atomic E-state index is 12.4. The third kappa shape index (κ3) is 10.0. The van der Waals surface area contributed by atoms with Crippen LogP contribution in [0.4, 0.5) is 4.79 Å². The fourth-order valence-electron chi connectivity index (χ4n) is 5.50. The van der Waals surface area contributed by atoms with Crippen LogP contribution < -0.4 is 10.6 Å². The first-order valence-corrected chi connectivity index (χ1v) is 14.6. The number of alkyl carbamates (subject to hydrolysis) is 1. The standard InChI is InChI=1S/C31H49N3O4/c1-22(2)29(36)26-11-10-24-15-19-34(20-16-25(24)21-26)18-14-23-8-12-27(13-9-23)33-28(35)7-6-17-32-30(37)38-31(3,4)5/h10-11,21-23,27H,6-9,12-20H2,1-5H3,(H,32,37)(H,33,35). The third-order valence-electron chi connectivity index (χ3n) is 7.72. The molecule has 38 heavy (non-hydrogen) atoms. The fraction of sp³-hybridized carbons (Fsp3) is 0.710. The Morgan fingerprint density at radius 2 is 1.71 bits per heavy atom. The van der Waals surface area contributed by atoms with E-state index in [0.717, 1.165) is 56.8 Å². The SMILES string of the molecule is CC(C)C(=O)c1ccc2c(c1)CCN(CCC1CCC(NC(=O)CCCNC(=O)OC(C)(C)C)CC1)CC2. The molecule has 0 unspecified atom stereocenters. The van der Waals surface area contributed by atoms with E-state index in [1.807, 2.05) is 40.7 Å². The molecule has 1 aliphatic carbocycles. The van der Waals surface area contributed by atoms with Crippen LogP contribution >= 0.6 is 0 Å². The van der Waals surface area contributed by atoms with E-state index in [1.165, 1.54) is 30.4 Å². The minimum absolute atomic E-state index is 0.0341. The minimum Gasteiger partial charge on any atom is -0.444 e. The van der Waals surface area contributed by atoms with Crippen molar-refractivity contribution in [1.29, 1.82) is 0 Å². The zero-order valence-corrected chi connectivity index (χ0v) is 24.2. The van der Waals surface area contributed by atoms with Gasteiger partial charge in [-0.25, -0.2) is 4.79 Å². The van der Waals surface area contributed by atoms with E-state index < -0.39 is 11.7 Å². The lowest BCUT2D eigenvalue weighted by molar-refractivity contribution is -0.122. The van der Waals surface area contributed by atoms with Crippen molar-refractivity contribution in [2.24, 2.45) is 11.8 Å². The van der Waals surface area contributed by atoms with Crippen LogP contribution in [0.2, 0.25) is 0 Å². The second-order valence-corrected chi connectivity index (χ2v) is 12.5. The van der Waals surface area contributed by atoms with Crippen LogP contribution in [-0.2, 0) is 22.4 Å². The normalized spacial score (nSPS) is 20.4. The van der Waals surface area contributed by atoms with Gasteiger partial charge < -0.3 is 20.3 Å². The van der Waals surface area contributed by atoms with Crippen molar-refractivity contribution in [3.05, 3.63) is 34.9 Å². The molecule has 1 heterocycles. The molecule has 0 spiro atoms. The number of rotatable bonds is 10. The Hall–Kier alpha value is -2.41. The summed E-state index contributed by atoms with van der Waals surface area (Å²) in [7, 11) is 0. The molecule has 7 nitrogen and oxygen atoms in total. The number of nitrogens with zero attached hydrogens (tertiary/aromatic N) is 1. The van der Waals surface area contributed by atoms with Gasteiger partial charge in [0.2, 0.25) is 5.91 Å². The number of hydrogen-bond donors (Lipinski definition) is 2. The Kier molecular flexibility index (Phi) is 11.2. The van der Waals surface area contributed by atoms with E-state index in [9.17, 15) is 14.4 Å². The molecule has 0 radical (unpaired) electrons. The highest BCUT2D eigenvalue weighted by Gasteiger charge is 2.24. The molecule has 1 aliphatic heterocycles. The van der Waals surface area contributed by atoms with Gasteiger partial charge in [0.1, 0.15) is 5.60 Å². The molecule has 0 bridgehead atoms. The van der Waals surface area contributed by atoms with Gasteiger partial charge in [0.25, 0.3) is 0 Å². The van der Waals surface area contributed by atoms with E-state index in [2.05, 4.69) is 27.7 Å². The summed E-state index contributed by atoms with van der Waals surface area (Å²) < 4.78 is 5.21. The zero-order chi connectivity index (χ0) is 27.7. The molecule has 0 atom stereocenters. The van der Waals surface area contributed by atoms with Crippen molar-refractivity contribution in [2.45, 2.75) is 104 Å². The molecule has 1 aromatic carbocycles. The first-order valence-electron chi connectivity index (χ1n) is 14.6. The van der Waals surface area contributed by atoms with E-state index in [4.69, 9.17) is 4.74 Å². The summed E-state index contributed by atoms with van der Waals surface area (Å²) in [6.45, 7) is 13.1. The Morgan fingerprint density at radius 1 is 1.03 bits per heavy atom. The number of benzene rings is 1. The predicted molar refractivity (Wildman–Crippen MR) is 151 cm³/mol. The number of ketones is 1. The van der Waals surface area contributed by atoms with Gasteiger partial charge in [0, 0.05) is 43.6 Å². The number of Topliss-reactive ketones (excluding diaryl/α,β-unsaturated/α-hetero) is 1. The first kappa shape index (κ1) is 30.1. The Balaban J connectivity index is 1.30. The number of ether oxygens (including phenoxy) is 1. The van der Waals surface area contributed by atoms with E-state index in [0.29, 0.717) is 19.4 Å². The average molecular weight is 528 g/mol. The molecule has 2 aliphatic rings. The van der Waals surface area contributed by atoms with Crippen LogP contribution in [0, 0.1) is 11.8 Å². The van der Waals surface area contributed by atoms with Crippen LogP contribution in [0.15, 0.2) is 18.2 Å². The number of hydrogen-bond acceptors (Lipinski definition) is 5. The van der Waals surface area contributed by atoms with Crippen molar-refractivity contribution in [3.63, 3.8) is 0 Å². The number of carbonyl (C=O) groups is 3. The van der Waals surface area contributed by atoms with E-state index in [-0.39, 0.29) is 23.7 Å². The molecule has 2 amide bonds. The summed E-state index contributed by atoms with van der Waals surface area (Å²) in [4.78, 5) is 39.0. The second kappa shape index (κ2) is 14.1. The van der Waals surface area contributed by atoms with Crippen molar-refractivity contribution >= 4 is 17.8 Å². The zero-order valence-electron chi connectivity index (χ0n) is 24.2. The molecule has 212 valence electrons. The monoisotopic (exact) mass is 527 g/mol. The maximum Gasteiger partial charge on any atom is 0.407 e. The molecule has 0 saturated heterocycles. The number of fused-ring (bicyclic) bond motifs is 1. The van der Waals surface area contributed by atoms with Gasteiger partial charge in [-0.05, 0) is 102 Å². The summed E-state index contributed by atoms with van der Waals surface area (Å²) in [6.07, 6.45) is 8.29. The molecule has 1 aromatic rings. The highest BCUT2D eigenvalue weighted by atomic mass is 16.6. The molecule has 1 saturated carbocycles.